The number of carbonyl (C=O) groups is 2. The second-order valence-corrected chi connectivity index (χ2v) is 29.3. The Hall–Kier alpha value is -6.32. The van der Waals surface area contributed by atoms with E-state index in [0.717, 1.165) is 6.66 Å². The lowest BCUT2D eigenvalue weighted by molar-refractivity contribution is -0.364. The van der Waals surface area contributed by atoms with Gasteiger partial charge in [-0.3, -0.25) is 18.7 Å². The maximum Gasteiger partial charge on any atom is 0.310 e. The Morgan fingerprint density at radius 1 is 0.490 bits per heavy atom. The van der Waals surface area contributed by atoms with E-state index in [1.165, 1.54) is 41.8 Å². The SMILES string of the molecule is COc1cc(C2c3cc4c(cc3C(OC3O[C@@H]5COC(C)OC5C(O)C3O)[C@H]3COC(=O)[C@H]23)OCO4)cc(OC)c1OCOP(C)(=O)[O-].COc1cc(C2c3cc4c(cc3C(OC3O[C@@H]5COC(C)OC5C(O)C3O)[C@H]3COC(=O)[C@H]23)OCO4)cc(OC)c1OCOP(C)(C)=O. The van der Waals surface area contributed by atoms with Crippen molar-refractivity contribution in [3.8, 4) is 57.5 Å². The lowest BCUT2D eigenvalue weighted by Crippen LogP contribution is -2.63. The predicted octanol–water partition coefficient (Wildman–Crippen LogP) is 3.69. The molecule has 31 nitrogen and oxygen atoms in total. The molecule has 4 N–H and O–H groups in total. The number of benzene rings is 4. The van der Waals surface area contributed by atoms with Crippen LogP contribution in [0.3, 0.4) is 0 Å². The van der Waals surface area contributed by atoms with E-state index in [4.69, 9.17) is 104 Å². The van der Waals surface area contributed by atoms with Crippen molar-refractivity contribution in [3.63, 3.8) is 0 Å². The van der Waals surface area contributed by atoms with Crippen molar-refractivity contribution in [2.24, 2.45) is 23.7 Å². The molecule has 4 aromatic rings. The minimum absolute atomic E-state index is 0.00121. The summed E-state index contributed by atoms with van der Waals surface area (Å²) >= 11 is 0. The molecule has 0 spiro atoms. The van der Waals surface area contributed by atoms with Crippen molar-refractivity contribution < 1.29 is 148 Å². The number of ether oxygens (including phenoxy) is 20. The van der Waals surface area contributed by atoms with Gasteiger partial charge in [0.25, 0.3) is 0 Å². The Kier molecular flexibility index (Phi) is 19.5. The standard InChI is InChI=1S/C32H39O15P.C31H37O16P/c1-14-39-11-23-30(45-14)26(33)27(34)32(46-23)47-28-17-9-20-19(41-12-42-20)8-16(17)24(25-18(28)10-40-31(25)35)15-6-21(37-2)29(22(7-15)38-3)43-13-44-48(4,5)36;1-13-39-10-22-29(45-13)25(32)26(33)31(46-22)47-27-16-8-19-18(41-11-42-19)7-15(16)23(24-17(27)9-40-30(24)34)14-5-20(37-2)28(21(6-14)38-3)43-12-44-48(4,35)36/h6-9,14,18,23-28,30,32-34H,10-13H2,1-5H3;5-8,13,17,22-27,29,31-33H,9-12H2,1-4H3,(H,35,36)/p-1/t14?,18-,23+,24?,25-,26?,27?,28?,30?,32?;13?,17-,22+,23?,24-,25?,26?,27?,29?,31?/m00/s1. The summed E-state index contributed by atoms with van der Waals surface area (Å²) in [6, 6.07) is 14.0. The minimum atomic E-state index is -4.07. The number of esters is 2. The van der Waals surface area contributed by atoms with E-state index >= 15 is 0 Å². The zero-order valence-corrected chi connectivity index (χ0v) is 55.3. The third-order valence-corrected chi connectivity index (χ3v) is 19.8. The first kappa shape index (κ1) is 68.2. The van der Waals surface area contributed by atoms with Crippen LogP contribution in [0.25, 0.3) is 0 Å². The molecule has 524 valence electrons. The van der Waals surface area contributed by atoms with E-state index in [-0.39, 0.29) is 69.8 Å². The summed E-state index contributed by atoms with van der Waals surface area (Å²) in [5.74, 6) is -1.60. The molecule has 14 rings (SSSR count). The highest BCUT2D eigenvalue weighted by Gasteiger charge is 2.59. The van der Waals surface area contributed by atoms with Crippen LogP contribution in [0, 0.1) is 23.7 Å². The van der Waals surface area contributed by atoms with Crippen LogP contribution in [0.4, 0.5) is 0 Å². The van der Waals surface area contributed by atoms with Crippen molar-refractivity contribution in [3.05, 3.63) is 81.9 Å². The highest BCUT2D eigenvalue weighted by atomic mass is 31.2. The Morgan fingerprint density at radius 2 is 0.854 bits per heavy atom. The Bertz CT molecular complexity index is 3370. The normalized spacial score (nSPS) is 34.2. The molecule has 0 aromatic heterocycles. The molecule has 0 amide bonds. The summed E-state index contributed by atoms with van der Waals surface area (Å²) in [5.41, 5.74) is 3.86. The van der Waals surface area contributed by atoms with Gasteiger partial charge >= 0.3 is 11.9 Å². The molecule has 0 bridgehead atoms. The van der Waals surface area contributed by atoms with Gasteiger partial charge in [0.05, 0.1) is 78.9 Å². The van der Waals surface area contributed by atoms with Crippen molar-refractivity contribution in [2.75, 3.05) is 102 Å². The number of fused-ring (bicyclic) bond motifs is 8. The van der Waals surface area contributed by atoms with Gasteiger partial charge in [0.2, 0.25) is 25.1 Å². The number of hydrogen-bond acceptors (Lipinski definition) is 31. The molecular formula is C63H75O31P2-. The van der Waals surface area contributed by atoms with Gasteiger partial charge in [-0.2, -0.15) is 0 Å². The summed E-state index contributed by atoms with van der Waals surface area (Å²) in [5, 5.41) is 44.2. The molecular weight excluding hydrogens is 1310 g/mol. The van der Waals surface area contributed by atoms with E-state index < -0.39 is 155 Å². The first-order chi connectivity index (χ1) is 45.9. The Morgan fingerprint density at radius 3 is 1.21 bits per heavy atom. The second-order valence-electron chi connectivity index (χ2n) is 24.7. The highest BCUT2D eigenvalue weighted by Crippen LogP contribution is 2.60. The molecule has 0 radical (unpaired) electrons. The number of methoxy groups -OCH3 is 4. The van der Waals surface area contributed by atoms with Crippen LogP contribution in [0.1, 0.15) is 71.3 Å². The van der Waals surface area contributed by atoms with Gasteiger partial charge in [-0.05, 0) is 95.8 Å². The van der Waals surface area contributed by atoms with Gasteiger partial charge in [-0.15, -0.1) is 0 Å². The third kappa shape index (κ3) is 13.2. The number of hydrogen-bond donors (Lipinski definition) is 4. The molecule has 10 aliphatic rings. The summed E-state index contributed by atoms with van der Waals surface area (Å²) in [6.45, 7) is 6.65. The zero-order chi connectivity index (χ0) is 67.8. The molecule has 6 fully saturated rings. The maximum absolute atomic E-state index is 13.6. The average molecular weight is 1390 g/mol. The second kappa shape index (κ2) is 27.4. The van der Waals surface area contributed by atoms with Gasteiger partial charge in [-0.1, -0.05) is 0 Å². The zero-order valence-electron chi connectivity index (χ0n) is 53.5. The molecule has 4 aromatic carbocycles. The first-order valence-corrected chi connectivity index (χ1v) is 35.4. The quantitative estimate of drug-likeness (QED) is 0.0627. The number of cyclic esters (lactones) is 2. The van der Waals surface area contributed by atoms with Crippen LogP contribution in [-0.2, 0) is 75.1 Å². The van der Waals surface area contributed by atoms with Gasteiger partial charge < -0.3 is 129 Å². The van der Waals surface area contributed by atoms with Crippen molar-refractivity contribution in [1.29, 1.82) is 0 Å². The summed E-state index contributed by atoms with van der Waals surface area (Å²) in [4.78, 5) is 38.7. The monoisotopic (exact) mass is 1390 g/mol. The molecule has 8 heterocycles. The lowest BCUT2D eigenvalue weighted by atomic mass is 9.66. The lowest BCUT2D eigenvalue weighted by Gasteiger charge is -2.47. The molecule has 2 aliphatic carbocycles. The van der Waals surface area contributed by atoms with E-state index in [2.05, 4.69) is 0 Å². The molecule has 21 atom stereocenters. The van der Waals surface area contributed by atoms with Crippen LogP contribution < -0.4 is 52.3 Å². The molecule has 6 saturated heterocycles. The third-order valence-electron chi connectivity index (χ3n) is 18.5. The average Bonchev–Trinajstić information content (AvgIpc) is 1.40. The number of rotatable bonds is 18. The Labute approximate surface area is 549 Å². The van der Waals surface area contributed by atoms with Crippen LogP contribution >= 0.6 is 15.0 Å². The van der Waals surface area contributed by atoms with E-state index in [1.54, 1.807) is 56.3 Å². The Balaban J connectivity index is 0.000000174. The molecule has 15 unspecified atom stereocenters. The summed E-state index contributed by atoms with van der Waals surface area (Å²) in [6.07, 6.45) is -14.0. The van der Waals surface area contributed by atoms with E-state index in [0.29, 0.717) is 67.9 Å². The fourth-order valence-electron chi connectivity index (χ4n) is 14.1. The smallest absolute Gasteiger partial charge is 0.310 e. The van der Waals surface area contributed by atoms with Gasteiger partial charge in [0.1, 0.15) is 56.4 Å². The number of aliphatic hydroxyl groups excluding tert-OH is 4. The molecule has 33 heteroatoms. The predicted molar refractivity (Wildman–Crippen MR) is 320 cm³/mol. The number of aliphatic hydroxyl groups is 4. The van der Waals surface area contributed by atoms with Crippen LogP contribution in [0.2, 0.25) is 0 Å². The first-order valence-electron chi connectivity index (χ1n) is 30.9. The van der Waals surface area contributed by atoms with Crippen LogP contribution in [0.15, 0.2) is 48.5 Å². The van der Waals surface area contributed by atoms with Gasteiger partial charge in [0.15, 0.2) is 92.1 Å². The minimum Gasteiger partial charge on any atom is -0.779 e. The highest BCUT2D eigenvalue weighted by molar-refractivity contribution is 7.57. The fraction of sp³-hybridized carbons (Fsp3) is 0.587. The van der Waals surface area contributed by atoms with Gasteiger partial charge in [-0.25, -0.2) is 0 Å². The van der Waals surface area contributed by atoms with Crippen LogP contribution in [-0.4, -0.2) is 208 Å². The maximum atomic E-state index is 13.6. The topological polar surface area (TPSA) is 375 Å². The fourth-order valence-corrected chi connectivity index (χ4v) is 14.7. The van der Waals surface area contributed by atoms with Gasteiger partial charge in [0, 0.05) is 43.7 Å². The van der Waals surface area contributed by atoms with Crippen molar-refractivity contribution in [1.82, 2.24) is 0 Å². The van der Waals surface area contributed by atoms with E-state index in [1.807, 2.05) is 6.07 Å². The summed E-state index contributed by atoms with van der Waals surface area (Å²) < 4.78 is 150. The largest absolute Gasteiger partial charge is 0.779 e. The van der Waals surface area contributed by atoms with Crippen molar-refractivity contribution >= 4 is 26.9 Å². The van der Waals surface area contributed by atoms with Crippen molar-refractivity contribution in [2.45, 2.75) is 112 Å². The number of carbonyl (C=O) groups excluding carboxylic acids is 2. The van der Waals surface area contributed by atoms with Crippen LogP contribution in [0.5, 0.6) is 57.5 Å². The summed E-state index contributed by atoms with van der Waals surface area (Å²) in [7, 11) is -1.14. The molecule has 0 saturated carbocycles. The molecule has 96 heavy (non-hydrogen) atoms. The molecule has 8 aliphatic heterocycles. The van der Waals surface area contributed by atoms with E-state index in [9.17, 15) is 44.0 Å².